The molecule has 2 atom stereocenters. The summed E-state index contributed by atoms with van der Waals surface area (Å²) < 4.78 is 17.5. The third-order valence-electron chi connectivity index (χ3n) is 4.95. The van der Waals surface area contributed by atoms with Gasteiger partial charge in [0.1, 0.15) is 11.2 Å². The Morgan fingerprint density at radius 1 is 1.03 bits per heavy atom. The van der Waals surface area contributed by atoms with Crippen molar-refractivity contribution in [1.29, 1.82) is 0 Å². The van der Waals surface area contributed by atoms with Gasteiger partial charge in [-0.2, -0.15) is 4.90 Å². The van der Waals surface area contributed by atoms with E-state index in [0.717, 1.165) is 42.9 Å². The van der Waals surface area contributed by atoms with E-state index in [1.807, 2.05) is 30.3 Å². The van der Waals surface area contributed by atoms with Crippen molar-refractivity contribution in [3.63, 3.8) is 0 Å². The van der Waals surface area contributed by atoms with Gasteiger partial charge in [0.15, 0.2) is 6.23 Å². The first kappa shape index (κ1) is 26.1. The van der Waals surface area contributed by atoms with Gasteiger partial charge in [-0.05, 0) is 73.0 Å². The lowest BCUT2D eigenvalue weighted by Gasteiger charge is -2.36. The fourth-order valence-electron chi connectivity index (χ4n) is 3.70. The van der Waals surface area contributed by atoms with Crippen molar-refractivity contribution in [3.8, 4) is 0 Å². The Labute approximate surface area is 193 Å². The van der Waals surface area contributed by atoms with Gasteiger partial charge in [0.05, 0.1) is 6.61 Å². The standard InChI is InChI=1S/C25H40N2O5/c1-8-15-26-16-14-20(17-26)21(30-18-19-12-10-9-11-13-19)27(22(28)31-24(2,3)4)23(29)32-25(5,6)7/h9-13,20-21H,8,14-18H2,1-7H3/t20-,21-/m1/s1. The van der Waals surface area contributed by atoms with Crippen LogP contribution in [0.5, 0.6) is 0 Å². The van der Waals surface area contributed by atoms with Gasteiger partial charge in [-0.1, -0.05) is 37.3 Å². The topological polar surface area (TPSA) is 68.3 Å². The Hall–Kier alpha value is -2.12. The molecule has 0 saturated carbocycles. The third kappa shape index (κ3) is 8.43. The molecule has 0 radical (unpaired) electrons. The Kier molecular flexibility index (Phi) is 9.10. The van der Waals surface area contributed by atoms with Crippen LogP contribution in [0.2, 0.25) is 0 Å². The van der Waals surface area contributed by atoms with Crippen molar-refractivity contribution in [3.05, 3.63) is 35.9 Å². The summed E-state index contributed by atoms with van der Waals surface area (Å²) in [6.07, 6.45) is -0.426. The molecule has 0 aromatic heterocycles. The highest BCUT2D eigenvalue weighted by atomic mass is 16.6. The minimum Gasteiger partial charge on any atom is -0.443 e. The van der Waals surface area contributed by atoms with Gasteiger partial charge in [-0.25, -0.2) is 9.59 Å². The van der Waals surface area contributed by atoms with E-state index in [2.05, 4.69) is 11.8 Å². The Morgan fingerprint density at radius 2 is 1.59 bits per heavy atom. The van der Waals surface area contributed by atoms with Crippen LogP contribution in [0.25, 0.3) is 0 Å². The van der Waals surface area contributed by atoms with Crippen molar-refractivity contribution in [2.75, 3.05) is 19.6 Å². The zero-order valence-corrected chi connectivity index (χ0v) is 20.7. The molecule has 7 heteroatoms. The maximum atomic E-state index is 13.2. The van der Waals surface area contributed by atoms with Crippen LogP contribution in [-0.4, -0.2) is 59.1 Å². The van der Waals surface area contributed by atoms with E-state index in [9.17, 15) is 9.59 Å². The lowest BCUT2D eigenvalue weighted by molar-refractivity contribution is -0.0995. The van der Waals surface area contributed by atoms with Crippen molar-refractivity contribution in [2.24, 2.45) is 5.92 Å². The number of nitrogens with zero attached hydrogens (tertiary/aromatic N) is 2. The van der Waals surface area contributed by atoms with Crippen LogP contribution >= 0.6 is 0 Å². The lowest BCUT2D eigenvalue weighted by atomic mass is 10.1. The van der Waals surface area contributed by atoms with Gasteiger partial charge in [-0.3, -0.25) is 0 Å². The highest BCUT2D eigenvalue weighted by molar-refractivity contribution is 5.88. The molecule has 32 heavy (non-hydrogen) atoms. The van der Waals surface area contributed by atoms with Gasteiger partial charge < -0.3 is 19.1 Å². The van der Waals surface area contributed by atoms with Crippen molar-refractivity contribution >= 4 is 12.2 Å². The van der Waals surface area contributed by atoms with Crippen LogP contribution in [0.1, 0.15) is 66.9 Å². The number of amides is 2. The quantitative estimate of drug-likeness (QED) is 0.518. The number of benzene rings is 1. The first-order valence-corrected chi connectivity index (χ1v) is 11.5. The van der Waals surface area contributed by atoms with Gasteiger partial charge in [0, 0.05) is 12.5 Å². The molecule has 0 N–H and O–H groups in total. The Bertz CT molecular complexity index is 711. The number of hydrogen-bond donors (Lipinski definition) is 0. The van der Waals surface area contributed by atoms with E-state index in [1.54, 1.807) is 41.5 Å². The maximum absolute atomic E-state index is 13.2. The molecule has 0 spiro atoms. The predicted octanol–water partition coefficient (Wildman–Crippen LogP) is 5.43. The van der Waals surface area contributed by atoms with Crippen molar-refractivity contribution < 1.29 is 23.8 Å². The van der Waals surface area contributed by atoms with Crippen molar-refractivity contribution in [1.82, 2.24) is 9.80 Å². The smallest absolute Gasteiger partial charge is 0.422 e. The molecule has 0 unspecified atom stereocenters. The second kappa shape index (κ2) is 11.1. The van der Waals surface area contributed by atoms with Crippen LogP contribution in [0.3, 0.4) is 0 Å². The molecule has 1 aliphatic rings. The lowest BCUT2D eigenvalue weighted by Crippen LogP contribution is -2.53. The summed E-state index contributed by atoms with van der Waals surface area (Å²) in [5, 5.41) is 0. The molecule has 1 heterocycles. The average Bonchev–Trinajstić information content (AvgIpc) is 3.11. The summed E-state index contributed by atoms with van der Waals surface area (Å²) in [6.45, 7) is 15.7. The summed E-state index contributed by atoms with van der Waals surface area (Å²) in [5.74, 6) is -0.0368. The molecule has 2 amide bonds. The second-order valence-corrected chi connectivity index (χ2v) is 10.4. The summed E-state index contributed by atoms with van der Waals surface area (Å²) >= 11 is 0. The number of rotatable bonds is 7. The summed E-state index contributed by atoms with van der Waals surface area (Å²) in [6, 6.07) is 9.73. The molecule has 180 valence electrons. The summed E-state index contributed by atoms with van der Waals surface area (Å²) in [4.78, 5) is 29.8. The SMILES string of the molecule is CCCN1CC[C@@H]([C@@H](OCc2ccccc2)N(C(=O)OC(C)(C)C)C(=O)OC(C)(C)C)C1. The first-order chi connectivity index (χ1) is 14.9. The zero-order valence-electron chi connectivity index (χ0n) is 20.7. The number of carbonyl (C=O) groups excluding carboxylic acids is 2. The molecule has 1 saturated heterocycles. The highest BCUT2D eigenvalue weighted by Crippen LogP contribution is 2.28. The molecular formula is C25H40N2O5. The van der Waals surface area contributed by atoms with E-state index < -0.39 is 29.6 Å². The van der Waals surface area contributed by atoms with Crippen LogP contribution in [0, 0.1) is 5.92 Å². The molecule has 1 aliphatic heterocycles. The van der Waals surface area contributed by atoms with Gasteiger partial charge >= 0.3 is 12.2 Å². The fraction of sp³-hybridized carbons (Fsp3) is 0.680. The number of likely N-dealkylation sites (tertiary alicyclic amines) is 1. The van der Waals surface area contributed by atoms with Crippen LogP contribution in [0.15, 0.2) is 30.3 Å². The van der Waals surface area contributed by atoms with Gasteiger partial charge in [0.2, 0.25) is 0 Å². The molecule has 2 rings (SSSR count). The van der Waals surface area contributed by atoms with Crippen LogP contribution in [-0.2, 0) is 20.8 Å². The normalized spacial score (nSPS) is 18.3. The molecule has 0 bridgehead atoms. The number of imide groups is 1. The highest BCUT2D eigenvalue weighted by Gasteiger charge is 2.43. The molecule has 1 fully saturated rings. The molecule has 1 aromatic carbocycles. The molecule has 0 aliphatic carbocycles. The third-order valence-corrected chi connectivity index (χ3v) is 4.95. The Morgan fingerprint density at radius 3 is 2.09 bits per heavy atom. The van der Waals surface area contributed by atoms with E-state index in [-0.39, 0.29) is 12.5 Å². The first-order valence-electron chi connectivity index (χ1n) is 11.5. The van der Waals surface area contributed by atoms with E-state index >= 15 is 0 Å². The van der Waals surface area contributed by atoms with Crippen LogP contribution in [0.4, 0.5) is 9.59 Å². The van der Waals surface area contributed by atoms with E-state index in [1.165, 1.54) is 0 Å². The van der Waals surface area contributed by atoms with E-state index in [0.29, 0.717) is 0 Å². The molecular weight excluding hydrogens is 408 g/mol. The van der Waals surface area contributed by atoms with Crippen LogP contribution < -0.4 is 0 Å². The monoisotopic (exact) mass is 448 g/mol. The number of carbonyl (C=O) groups is 2. The molecule has 1 aromatic rings. The zero-order chi connectivity index (χ0) is 23.9. The van der Waals surface area contributed by atoms with Crippen molar-refractivity contribution in [2.45, 2.75) is 85.3 Å². The largest absolute Gasteiger partial charge is 0.443 e. The fourth-order valence-corrected chi connectivity index (χ4v) is 3.70. The minimum atomic E-state index is -0.790. The summed E-state index contributed by atoms with van der Waals surface area (Å²) in [7, 11) is 0. The second-order valence-electron chi connectivity index (χ2n) is 10.4. The van der Waals surface area contributed by atoms with Gasteiger partial charge in [-0.15, -0.1) is 0 Å². The molecule has 7 nitrogen and oxygen atoms in total. The van der Waals surface area contributed by atoms with Gasteiger partial charge in [0.25, 0.3) is 0 Å². The predicted molar refractivity (Wildman–Crippen MR) is 124 cm³/mol. The summed E-state index contributed by atoms with van der Waals surface area (Å²) in [5.41, 5.74) is -0.550. The maximum Gasteiger partial charge on any atom is 0.422 e. The number of hydrogen-bond acceptors (Lipinski definition) is 6. The Balaban J connectivity index is 2.34. The number of ether oxygens (including phenoxy) is 3. The van der Waals surface area contributed by atoms with E-state index in [4.69, 9.17) is 14.2 Å². The minimum absolute atomic E-state index is 0.0368. The average molecular weight is 449 g/mol.